The van der Waals surface area contributed by atoms with Crippen molar-refractivity contribution in [3.63, 3.8) is 0 Å². The van der Waals surface area contributed by atoms with E-state index in [1.54, 1.807) is 12.1 Å². The lowest BCUT2D eigenvalue weighted by molar-refractivity contribution is 0.103. The van der Waals surface area contributed by atoms with Crippen LogP contribution in [0.5, 0.6) is 0 Å². The SMILES string of the molecule is CCc1ccc(NC(=O)c2snnc2-c2ccc(F)cc2)cc1. The fourth-order valence-electron chi connectivity index (χ4n) is 2.15. The molecule has 0 fully saturated rings. The van der Waals surface area contributed by atoms with Gasteiger partial charge in [-0.25, -0.2) is 4.39 Å². The summed E-state index contributed by atoms with van der Waals surface area (Å²) in [7, 11) is 0. The fourth-order valence-corrected chi connectivity index (χ4v) is 2.73. The van der Waals surface area contributed by atoms with Gasteiger partial charge in [-0.1, -0.05) is 23.5 Å². The van der Waals surface area contributed by atoms with Crippen molar-refractivity contribution in [3.05, 3.63) is 64.8 Å². The lowest BCUT2D eigenvalue weighted by atomic mass is 10.1. The van der Waals surface area contributed by atoms with Gasteiger partial charge >= 0.3 is 0 Å². The van der Waals surface area contributed by atoms with Gasteiger partial charge in [0.25, 0.3) is 5.91 Å². The monoisotopic (exact) mass is 327 g/mol. The van der Waals surface area contributed by atoms with Gasteiger partial charge in [0.15, 0.2) is 0 Å². The lowest BCUT2D eigenvalue weighted by Gasteiger charge is -2.05. The van der Waals surface area contributed by atoms with Gasteiger partial charge in [-0.15, -0.1) is 5.10 Å². The van der Waals surface area contributed by atoms with Crippen LogP contribution in [-0.4, -0.2) is 15.5 Å². The third-order valence-corrected chi connectivity index (χ3v) is 4.16. The summed E-state index contributed by atoms with van der Waals surface area (Å²) in [6.45, 7) is 2.07. The summed E-state index contributed by atoms with van der Waals surface area (Å²) in [6.07, 6.45) is 0.946. The van der Waals surface area contributed by atoms with Crippen molar-refractivity contribution in [2.45, 2.75) is 13.3 Å². The number of nitrogens with one attached hydrogen (secondary N) is 1. The molecule has 0 spiro atoms. The van der Waals surface area contributed by atoms with E-state index in [9.17, 15) is 9.18 Å². The van der Waals surface area contributed by atoms with Crippen LogP contribution in [0.1, 0.15) is 22.2 Å². The van der Waals surface area contributed by atoms with Crippen molar-refractivity contribution in [2.24, 2.45) is 0 Å². The Labute approximate surface area is 137 Å². The average molecular weight is 327 g/mol. The van der Waals surface area contributed by atoms with Gasteiger partial charge in [0.05, 0.1) is 0 Å². The van der Waals surface area contributed by atoms with E-state index in [0.29, 0.717) is 21.8 Å². The smallest absolute Gasteiger partial charge is 0.269 e. The number of aryl methyl sites for hydroxylation is 1. The summed E-state index contributed by atoms with van der Waals surface area (Å²) >= 11 is 1.02. The summed E-state index contributed by atoms with van der Waals surface area (Å²) in [5.74, 6) is -0.609. The molecule has 0 aliphatic heterocycles. The number of anilines is 1. The highest BCUT2D eigenvalue weighted by Crippen LogP contribution is 2.25. The van der Waals surface area contributed by atoms with E-state index in [-0.39, 0.29) is 11.7 Å². The number of hydrogen-bond acceptors (Lipinski definition) is 4. The number of nitrogens with zero attached hydrogens (tertiary/aromatic N) is 2. The zero-order valence-electron chi connectivity index (χ0n) is 12.4. The Morgan fingerprint density at radius 2 is 1.83 bits per heavy atom. The quantitative estimate of drug-likeness (QED) is 0.783. The van der Waals surface area contributed by atoms with Crippen LogP contribution < -0.4 is 5.32 Å². The molecule has 3 rings (SSSR count). The zero-order valence-corrected chi connectivity index (χ0v) is 13.2. The molecule has 1 N–H and O–H groups in total. The highest BCUT2D eigenvalue weighted by atomic mass is 32.1. The minimum Gasteiger partial charge on any atom is -0.321 e. The number of carbonyl (C=O) groups excluding carboxylic acids is 1. The summed E-state index contributed by atoms with van der Waals surface area (Å²) < 4.78 is 16.9. The number of amides is 1. The second-order valence-corrected chi connectivity index (χ2v) is 5.72. The van der Waals surface area contributed by atoms with Crippen LogP contribution in [0.25, 0.3) is 11.3 Å². The van der Waals surface area contributed by atoms with Gasteiger partial charge in [-0.05, 0) is 59.9 Å². The number of carbonyl (C=O) groups is 1. The molecular weight excluding hydrogens is 313 g/mol. The molecule has 6 heteroatoms. The Kier molecular flexibility index (Phi) is 4.43. The molecule has 4 nitrogen and oxygen atoms in total. The normalized spacial score (nSPS) is 10.5. The first-order valence-electron chi connectivity index (χ1n) is 7.16. The van der Waals surface area contributed by atoms with E-state index in [4.69, 9.17) is 0 Å². The zero-order chi connectivity index (χ0) is 16.2. The van der Waals surface area contributed by atoms with Crippen LogP contribution in [0.4, 0.5) is 10.1 Å². The molecule has 0 bridgehead atoms. The fraction of sp³-hybridized carbons (Fsp3) is 0.118. The van der Waals surface area contributed by atoms with Gasteiger partial charge in [0, 0.05) is 11.3 Å². The van der Waals surface area contributed by atoms with Crippen molar-refractivity contribution in [1.82, 2.24) is 9.59 Å². The molecule has 0 aliphatic carbocycles. The van der Waals surface area contributed by atoms with E-state index < -0.39 is 0 Å². The van der Waals surface area contributed by atoms with E-state index >= 15 is 0 Å². The highest BCUT2D eigenvalue weighted by molar-refractivity contribution is 7.08. The molecule has 0 aliphatic rings. The van der Waals surface area contributed by atoms with Gasteiger partial charge in [0.2, 0.25) is 0 Å². The molecule has 0 radical (unpaired) electrons. The average Bonchev–Trinajstić information content (AvgIpc) is 3.06. The van der Waals surface area contributed by atoms with E-state index in [0.717, 1.165) is 18.0 Å². The summed E-state index contributed by atoms with van der Waals surface area (Å²) in [5, 5.41) is 6.83. The van der Waals surface area contributed by atoms with Crippen LogP contribution in [-0.2, 0) is 6.42 Å². The summed E-state index contributed by atoms with van der Waals surface area (Å²) in [6, 6.07) is 13.5. The maximum absolute atomic E-state index is 13.0. The number of hydrogen-bond donors (Lipinski definition) is 1. The van der Waals surface area contributed by atoms with Crippen LogP contribution in [0.2, 0.25) is 0 Å². The second-order valence-electron chi connectivity index (χ2n) is 4.96. The Bertz CT molecular complexity index is 813. The van der Waals surface area contributed by atoms with Crippen LogP contribution in [0, 0.1) is 5.82 Å². The molecule has 0 unspecified atom stereocenters. The van der Waals surface area contributed by atoms with Gasteiger partial charge < -0.3 is 5.32 Å². The minimum atomic E-state index is -0.334. The molecule has 1 heterocycles. The minimum absolute atomic E-state index is 0.274. The molecule has 0 saturated heterocycles. The summed E-state index contributed by atoms with van der Waals surface area (Å²) in [5.41, 5.74) is 3.03. The molecular formula is C17H14FN3OS. The van der Waals surface area contributed by atoms with Gasteiger partial charge in [0.1, 0.15) is 16.4 Å². The molecule has 1 amide bonds. The molecule has 23 heavy (non-hydrogen) atoms. The van der Waals surface area contributed by atoms with Crippen LogP contribution >= 0.6 is 11.5 Å². The van der Waals surface area contributed by atoms with Crippen molar-refractivity contribution < 1.29 is 9.18 Å². The topological polar surface area (TPSA) is 54.9 Å². The Balaban J connectivity index is 1.82. The van der Waals surface area contributed by atoms with Crippen molar-refractivity contribution >= 4 is 23.1 Å². The van der Waals surface area contributed by atoms with Crippen molar-refractivity contribution in [3.8, 4) is 11.3 Å². The Morgan fingerprint density at radius 3 is 2.48 bits per heavy atom. The maximum Gasteiger partial charge on any atom is 0.269 e. The standard InChI is InChI=1S/C17H14FN3OS/c1-2-11-3-9-14(10-4-11)19-17(22)16-15(20-21-23-16)12-5-7-13(18)8-6-12/h3-10H,2H2,1H3,(H,19,22). The lowest BCUT2D eigenvalue weighted by Crippen LogP contribution is -2.11. The molecule has 0 saturated carbocycles. The molecule has 3 aromatic rings. The third kappa shape index (κ3) is 3.43. The molecule has 2 aromatic carbocycles. The number of rotatable bonds is 4. The highest BCUT2D eigenvalue weighted by Gasteiger charge is 2.18. The van der Waals surface area contributed by atoms with Crippen molar-refractivity contribution in [2.75, 3.05) is 5.32 Å². The molecule has 0 atom stereocenters. The largest absolute Gasteiger partial charge is 0.321 e. The number of aromatic nitrogens is 2. The maximum atomic E-state index is 13.0. The van der Waals surface area contributed by atoms with E-state index in [1.807, 2.05) is 24.3 Å². The molecule has 1 aromatic heterocycles. The predicted octanol–water partition coefficient (Wildman–Crippen LogP) is 4.16. The predicted molar refractivity (Wildman–Crippen MR) is 89.1 cm³/mol. The van der Waals surface area contributed by atoms with Crippen LogP contribution in [0.3, 0.4) is 0 Å². The first-order valence-corrected chi connectivity index (χ1v) is 7.93. The molecule has 116 valence electrons. The van der Waals surface area contributed by atoms with Crippen molar-refractivity contribution in [1.29, 1.82) is 0 Å². The Morgan fingerprint density at radius 1 is 1.13 bits per heavy atom. The Hall–Kier alpha value is -2.60. The second kappa shape index (κ2) is 6.66. The van der Waals surface area contributed by atoms with Crippen LogP contribution in [0.15, 0.2) is 48.5 Å². The third-order valence-electron chi connectivity index (χ3n) is 3.43. The number of benzene rings is 2. The summed E-state index contributed by atoms with van der Waals surface area (Å²) in [4.78, 5) is 12.8. The first-order chi connectivity index (χ1) is 11.2. The van der Waals surface area contributed by atoms with Gasteiger partial charge in [-0.3, -0.25) is 4.79 Å². The first kappa shape index (κ1) is 15.3. The van der Waals surface area contributed by atoms with E-state index in [2.05, 4.69) is 21.8 Å². The number of halogens is 1. The van der Waals surface area contributed by atoms with E-state index in [1.165, 1.54) is 17.7 Å². The van der Waals surface area contributed by atoms with Gasteiger partial charge in [-0.2, -0.15) is 0 Å².